The molecule has 2 heterocycles. The van der Waals surface area contributed by atoms with Crippen LogP contribution in [-0.2, 0) is 0 Å². The number of nitrogens with one attached hydrogen (secondary N) is 1. The van der Waals surface area contributed by atoms with Gasteiger partial charge in [-0.25, -0.2) is 0 Å². The topological polar surface area (TPSA) is 21.8 Å². The first kappa shape index (κ1) is 14.3. The zero-order valence-electron chi connectivity index (χ0n) is 12.5. The molecule has 2 fully saturated rings. The van der Waals surface area contributed by atoms with E-state index in [1.807, 2.05) is 0 Å². The molecular weight excluding hydrogens is 224 g/mol. The summed E-state index contributed by atoms with van der Waals surface area (Å²) in [4.78, 5) is 7.67. The average Bonchev–Trinajstić information content (AvgIpc) is 2.34. The van der Waals surface area contributed by atoms with Crippen molar-refractivity contribution in [2.24, 2.45) is 5.92 Å². The number of hydrogen-bond acceptors (Lipinski definition) is 4. The maximum Gasteiger partial charge on any atom is 0.0347 e. The highest BCUT2D eigenvalue weighted by Gasteiger charge is 2.29. The van der Waals surface area contributed by atoms with Gasteiger partial charge in [0.1, 0.15) is 0 Å². The van der Waals surface area contributed by atoms with Crippen LogP contribution in [0.3, 0.4) is 0 Å². The van der Waals surface area contributed by atoms with Gasteiger partial charge in [0, 0.05) is 44.8 Å². The van der Waals surface area contributed by atoms with Gasteiger partial charge in [0.2, 0.25) is 0 Å². The second-order valence-electron chi connectivity index (χ2n) is 6.32. The number of nitrogens with zero attached hydrogens (tertiary/aromatic N) is 3. The van der Waals surface area contributed by atoms with Crippen LogP contribution in [0.15, 0.2) is 0 Å². The fourth-order valence-corrected chi connectivity index (χ4v) is 3.42. The Labute approximate surface area is 112 Å². The summed E-state index contributed by atoms with van der Waals surface area (Å²) in [6.45, 7) is 9.76. The van der Waals surface area contributed by atoms with Crippen molar-refractivity contribution in [3.05, 3.63) is 0 Å². The fourth-order valence-electron chi connectivity index (χ4n) is 3.42. The molecule has 1 N–H and O–H groups in total. The van der Waals surface area contributed by atoms with Crippen molar-refractivity contribution < 1.29 is 0 Å². The molecule has 4 heteroatoms. The molecule has 2 aliphatic heterocycles. The Hall–Kier alpha value is -0.160. The predicted molar refractivity (Wildman–Crippen MR) is 77.0 cm³/mol. The summed E-state index contributed by atoms with van der Waals surface area (Å²) in [6.07, 6.45) is 1.30. The first-order chi connectivity index (χ1) is 8.60. The van der Waals surface area contributed by atoms with E-state index in [1.165, 1.54) is 45.7 Å². The van der Waals surface area contributed by atoms with Crippen LogP contribution in [0, 0.1) is 5.92 Å². The van der Waals surface area contributed by atoms with Crippen molar-refractivity contribution in [2.75, 3.05) is 60.4 Å². The summed E-state index contributed by atoms with van der Waals surface area (Å²) in [5.41, 5.74) is 0. The lowest BCUT2D eigenvalue weighted by atomic mass is 9.93. The zero-order chi connectivity index (χ0) is 13.1. The third kappa shape index (κ3) is 3.44. The third-order valence-corrected chi connectivity index (χ3v) is 4.81. The van der Waals surface area contributed by atoms with E-state index in [4.69, 9.17) is 0 Å². The van der Waals surface area contributed by atoms with Crippen LogP contribution in [0.1, 0.15) is 13.3 Å². The van der Waals surface area contributed by atoms with Crippen molar-refractivity contribution >= 4 is 0 Å². The van der Waals surface area contributed by atoms with Crippen LogP contribution in [0.2, 0.25) is 0 Å². The molecule has 2 aliphatic rings. The SMILES string of the molecule is CNC1CCN(CC2CN(C)CCN2C)CC1C. The molecule has 0 amide bonds. The number of hydrogen-bond donors (Lipinski definition) is 1. The zero-order valence-corrected chi connectivity index (χ0v) is 12.5. The highest BCUT2D eigenvalue weighted by Crippen LogP contribution is 2.18. The molecule has 0 bridgehead atoms. The van der Waals surface area contributed by atoms with E-state index in [9.17, 15) is 0 Å². The van der Waals surface area contributed by atoms with Crippen LogP contribution in [0.4, 0.5) is 0 Å². The Balaban J connectivity index is 1.82. The molecule has 3 atom stereocenters. The molecule has 106 valence electrons. The van der Waals surface area contributed by atoms with Crippen LogP contribution in [0.5, 0.6) is 0 Å². The molecule has 0 radical (unpaired) electrons. The van der Waals surface area contributed by atoms with Gasteiger partial charge in [-0.3, -0.25) is 4.90 Å². The van der Waals surface area contributed by atoms with Gasteiger partial charge < -0.3 is 15.1 Å². The summed E-state index contributed by atoms with van der Waals surface area (Å²) >= 11 is 0. The van der Waals surface area contributed by atoms with Crippen LogP contribution in [0.25, 0.3) is 0 Å². The lowest BCUT2D eigenvalue weighted by molar-refractivity contribution is 0.0618. The molecule has 0 aliphatic carbocycles. The van der Waals surface area contributed by atoms with Crippen molar-refractivity contribution in [1.29, 1.82) is 0 Å². The van der Waals surface area contributed by atoms with Crippen LogP contribution < -0.4 is 5.32 Å². The maximum atomic E-state index is 3.45. The van der Waals surface area contributed by atoms with Crippen LogP contribution >= 0.6 is 0 Å². The van der Waals surface area contributed by atoms with Gasteiger partial charge in [-0.2, -0.15) is 0 Å². The molecule has 2 rings (SSSR count). The molecular formula is C14H30N4. The van der Waals surface area contributed by atoms with E-state index < -0.39 is 0 Å². The number of likely N-dealkylation sites (tertiary alicyclic amines) is 1. The standard InChI is InChI=1S/C14H30N4/c1-12-9-18(6-5-14(12)15-2)11-13-10-16(3)7-8-17(13)4/h12-15H,5-11H2,1-4H3. The molecule has 0 aromatic heterocycles. The predicted octanol–water partition coefficient (Wildman–Crippen LogP) is 0.162. The molecule has 0 aromatic rings. The van der Waals surface area contributed by atoms with Crippen molar-refractivity contribution in [3.63, 3.8) is 0 Å². The molecule has 3 unspecified atom stereocenters. The molecule has 0 spiro atoms. The van der Waals surface area contributed by atoms with Crippen molar-refractivity contribution in [1.82, 2.24) is 20.0 Å². The van der Waals surface area contributed by atoms with Gasteiger partial charge in [-0.1, -0.05) is 6.92 Å². The van der Waals surface area contributed by atoms with Gasteiger partial charge in [-0.15, -0.1) is 0 Å². The van der Waals surface area contributed by atoms with E-state index in [0.717, 1.165) is 5.92 Å². The van der Waals surface area contributed by atoms with Gasteiger partial charge in [0.25, 0.3) is 0 Å². The van der Waals surface area contributed by atoms with Gasteiger partial charge in [0.05, 0.1) is 0 Å². The first-order valence-corrected chi connectivity index (χ1v) is 7.38. The highest BCUT2D eigenvalue weighted by molar-refractivity contribution is 4.86. The monoisotopic (exact) mass is 254 g/mol. The van der Waals surface area contributed by atoms with Crippen molar-refractivity contribution in [3.8, 4) is 0 Å². The summed E-state index contributed by atoms with van der Waals surface area (Å²) in [7, 11) is 6.62. The molecule has 0 aromatic carbocycles. The van der Waals surface area contributed by atoms with E-state index in [0.29, 0.717) is 12.1 Å². The second-order valence-corrected chi connectivity index (χ2v) is 6.32. The minimum Gasteiger partial charge on any atom is -0.317 e. The van der Waals surface area contributed by atoms with Gasteiger partial charge in [0.15, 0.2) is 0 Å². The number of rotatable bonds is 3. The Morgan fingerprint density at radius 2 is 1.89 bits per heavy atom. The summed E-state index contributed by atoms with van der Waals surface area (Å²) in [5.74, 6) is 0.773. The maximum absolute atomic E-state index is 3.45. The molecule has 4 nitrogen and oxygen atoms in total. The first-order valence-electron chi connectivity index (χ1n) is 7.38. The van der Waals surface area contributed by atoms with E-state index in [1.54, 1.807) is 0 Å². The summed E-state index contributed by atoms with van der Waals surface area (Å²) < 4.78 is 0. The minimum absolute atomic E-state index is 0.710. The largest absolute Gasteiger partial charge is 0.317 e. The number of piperazine rings is 1. The average molecular weight is 254 g/mol. The Morgan fingerprint density at radius 1 is 1.11 bits per heavy atom. The lowest BCUT2D eigenvalue weighted by Gasteiger charge is -2.43. The smallest absolute Gasteiger partial charge is 0.0347 e. The Kier molecular flexibility index (Phi) is 5.01. The normalized spacial score (nSPS) is 37.0. The van der Waals surface area contributed by atoms with Crippen LogP contribution in [-0.4, -0.2) is 87.2 Å². The van der Waals surface area contributed by atoms with E-state index >= 15 is 0 Å². The lowest BCUT2D eigenvalue weighted by Crippen LogP contribution is -2.56. The highest BCUT2D eigenvalue weighted by atomic mass is 15.3. The Bertz CT molecular complexity index is 258. The van der Waals surface area contributed by atoms with E-state index in [-0.39, 0.29) is 0 Å². The minimum atomic E-state index is 0.710. The molecule has 2 saturated heterocycles. The Morgan fingerprint density at radius 3 is 2.56 bits per heavy atom. The third-order valence-electron chi connectivity index (χ3n) is 4.81. The quantitative estimate of drug-likeness (QED) is 0.774. The number of likely N-dealkylation sites (N-methyl/N-ethyl adjacent to an activating group) is 2. The molecule has 18 heavy (non-hydrogen) atoms. The molecule has 0 saturated carbocycles. The van der Waals surface area contributed by atoms with Gasteiger partial charge >= 0.3 is 0 Å². The van der Waals surface area contributed by atoms with Gasteiger partial charge in [-0.05, 0) is 40.0 Å². The number of piperidine rings is 1. The van der Waals surface area contributed by atoms with E-state index in [2.05, 4.69) is 48.1 Å². The fraction of sp³-hybridized carbons (Fsp3) is 1.00. The second kappa shape index (κ2) is 6.33. The summed E-state index contributed by atoms with van der Waals surface area (Å²) in [6, 6.07) is 1.43. The van der Waals surface area contributed by atoms with Crippen molar-refractivity contribution in [2.45, 2.75) is 25.4 Å². The summed E-state index contributed by atoms with van der Waals surface area (Å²) in [5, 5.41) is 3.45.